The van der Waals surface area contributed by atoms with Crippen LogP contribution >= 0.6 is 0 Å². The van der Waals surface area contributed by atoms with Crippen LogP contribution in [0.15, 0.2) is 12.1 Å². The van der Waals surface area contributed by atoms with Gasteiger partial charge in [-0.05, 0) is 61.9 Å². The molecular weight excluding hydrogens is 250 g/mol. The fourth-order valence-corrected chi connectivity index (χ4v) is 2.65. The molecule has 0 aliphatic carbocycles. The monoisotopic (exact) mass is 277 g/mol. The fourth-order valence-electron chi connectivity index (χ4n) is 2.65. The van der Waals surface area contributed by atoms with E-state index in [1.807, 2.05) is 19.9 Å². The zero-order chi connectivity index (χ0) is 15.1. The predicted octanol–water partition coefficient (Wildman–Crippen LogP) is 3.70. The standard InChI is InChI=1S/C17H27NO2/c1-4-14(7-5-6-10-18)11-16-13(3)12(2)8-9-15(16)17(19)20/h8-9,14H,4-7,10-11,18H2,1-3H3,(H,19,20). The van der Waals surface area contributed by atoms with Gasteiger partial charge in [0.1, 0.15) is 0 Å². The number of carboxylic acids is 1. The highest BCUT2D eigenvalue weighted by atomic mass is 16.4. The number of benzene rings is 1. The summed E-state index contributed by atoms with van der Waals surface area (Å²) in [5.41, 5.74) is 9.31. The first-order chi connectivity index (χ1) is 9.51. The summed E-state index contributed by atoms with van der Waals surface area (Å²) in [6, 6.07) is 3.64. The summed E-state index contributed by atoms with van der Waals surface area (Å²) in [5, 5.41) is 9.36. The van der Waals surface area contributed by atoms with Crippen molar-refractivity contribution in [3.05, 3.63) is 34.4 Å². The summed E-state index contributed by atoms with van der Waals surface area (Å²) >= 11 is 0. The Morgan fingerprint density at radius 2 is 2.00 bits per heavy atom. The highest BCUT2D eigenvalue weighted by Crippen LogP contribution is 2.25. The molecule has 112 valence electrons. The summed E-state index contributed by atoms with van der Waals surface area (Å²) in [5.74, 6) is -0.278. The highest BCUT2D eigenvalue weighted by Gasteiger charge is 2.17. The maximum absolute atomic E-state index is 11.4. The van der Waals surface area contributed by atoms with E-state index >= 15 is 0 Å². The Balaban J connectivity index is 2.93. The van der Waals surface area contributed by atoms with Crippen LogP contribution in [-0.2, 0) is 6.42 Å². The fraction of sp³-hybridized carbons (Fsp3) is 0.588. The van der Waals surface area contributed by atoms with Crippen molar-refractivity contribution in [3.8, 4) is 0 Å². The van der Waals surface area contributed by atoms with E-state index in [9.17, 15) is 9.90 Å². The Morgan fingerprint density at radius 3 is 2.55 bits per heavy atom. The van der Waals surface area contributed by atoms with E-state index in [1.54, 1.807) is 6.07 Å². The lowest BCUT2D eigenvalue weighted by atomic mass is 9.86. The van der Waals surface area contributed by atoms with Crippen LogP contribution in [0.1, 0.15) is 59.7 Å². The molecule has 0 aliphatic rings. The van der Waals surface area contributed by atoms with Crippen LogP contribution in [0.25, 0.3) is 0 Å². The zero-order valence-electron chi connectivity index (χ0n) is 12.9. The van der Waals surface area contributed by atoms with E-state index in [2.05, 4.69) is 6.92 Å². The highest BCUT2D eigenvalue weighted by molar-refractivity contribution is 5.90. The molecule has 0 radical (unpaired) electrons. The minimum Gasteiger partial charge on any atom is -0.478 e. The summed E-state index contributed by atoms with van der Waals surface area (Å²) in [4.78, 5) is 11.4. The van der Waals surface area contributed by atoms with Crippen LogP contribution in [0.2, 0.25) is 0 Å². The Labute approximate surface area is 122 Å². The molecule has 1 aromatic rings. The molecule has 3 N–H and O–H groups in total. The molecule has 0 aromatic heterocycles. The van der Waals surface area contributed by atoms with Gasteiger partial charge in [0.25, 0.3) is 0 Å². The van der Waals surface area contributed by atoms with Gasteiger partial charge in [0.05, 0.1) is 5.56 Å². The third kappa shape index (κ3) is 4.34. The molecule has 0 aliphatic heterocycles. The molecular formula is C17H27NO2. The number of unbranched alkanes of at least 4 members (excludes halogenated alkanes) is 1. The van der Waals surface area contributed by atoms with Gasteiger partial charge >= 0.3 is 5.97 Å². The molecule has 1 rings (SSSR count). The van der Waals surface area contributed by atoms with Crippen LogP contribution in [0, 0.1) is 19.8 Å². The van der Waals surface area contributed by atoms with Crippen molar-refractivity contribution >= 4 is 5.97 Å². The number of nitrogens with two attached hydrogens (primary N) is 1. The molecule has 3 nitrogen and oxygen atoms in total. The summed E-state index contributed by atoms with van der Waals surface area (Å²) in [7, 11) is 0. The first-order valence-electron chi connectivity index (χ1n) is 7.53. The molecule has 0 fully saturated rings. The van der Waals surface area contributed by atoms with Crippen LogP contribution in [0.3, 0.4) is 0 Å². The molecule has 0 saturated carbocycles. The number of carboxylic acid groups (broad SMARTS) is 1. The zero-order valence-corrected chi connectivity index (χ0v) is 12.9. The lowest BCUT2D eigenvalue weighted by Crippen LogP contribution is -2.12. The van der Waals surface area contributed by atoms with E-state index in [0.29, 0.717) is 11.5 Å². The normalized spacial score (nSPS) is 12.4. The molecule has 0 bridgehead atoms. The molecule has 0 saturated heterocycles. The van der Waals surface area contributed by atoms with Gasteiger partial charge < -0.3 is 10.8 Å². The van der Waals surface area contributed by atoms with E-state index in [1.165, 1.54) is 5.56 Å². The van der Waals surface area contributed by atoms with Crippen molar-refractivity contribution < 1.29 is 9.90 Å². The molecule has 20 heavy (non-hydrogen) atoms. The van der Waals surface area contributed by atoms with E-state index in [-0.39, 0.29) is 0 Å². The van der Waals surface area contributed by atoms with Crippen molar-refractivity contribution in [2.45, 2.75) is 52.9 Å². The Hall–Kier alpha value is -1.35. The third-order valence-electron chi connectivity index (χ3n) is 4.24. The van der Waals surface area contributed by atoms with Crippen LogP contribution in [0.4, 0.5) is 0 Å². The maximum atomic E-state index is 11.4. The van der Waals surface area contributed by atoms with Gasteiger partial charge in [-0.15, -0.1) is 0 Å². The summed E-state index contributed by atoms with van der Waals surface area (Å²) in [6.45, 7) is 6.99. The number of carbonyl (C=O) groups is 1. The second kappa shape index (κ2) is 8.05. The van der Waals surface area contributed by atoms with Gasteiger partial charge in [-0.1, -0.05) is 32.3 Å². The predicted molar refractivity (Wildman–Crippen MR) is 83.3 cm³/mol. The van der Waals surface area contributed by atoms with Gasteiger partial charge in [-0.25, -0.2) is 4.79 Å². The Bertz CT molecular complexity index is 455. The van der Waals surface area contributed by atoms with Gasteiger partial charge in [0.15, 0.2) is 0 Å². The molecule has 1 aromatic carbocycles. The molecule has 1 unspecified atom stereocenters. The second-order valence-corrected chi connectivity index (χ2v) is 5.60. The maximum Gasteiger partial charge on any atom is 0.335 e. The lowest BCUT2D eigenvalue weighted by Gasteiger charge is -2.19. The minimum atomic E-state index is -0.820. The van der Waals surface area contributed by atoms with E-state index in [0.717, 1.165) is 49.8 Å². The Kier molecular flexibility index (Phi) is 6.73. The Morgan fingerprint density at radius 1 is 1.30 bits per heavy atom. The quantitative estimate of drug-likeness (QED) is 0.712. The van der Waals surface area contributed by atoms with Crippen LogP contribution < -0.4 is 5.73 Å². The summed E-state index contributed by atoms with van der Waals surface area (Å²) < 4.78 is 0. The van der Waals surface area contributed by atoms with Crippen LogP contribution in [0.5, 0.6) is 0 Å². The van der Waals surface area contributed by atoms with E-state index < -0.39 is 5.97 Å². The third-order valence-corrected chi connectivity index (χ3v) is 4.24. The number of aromatic carboxylic acids is 1. The van der Waals surface area contributed by atoms with Gasteiger partial charge in [-0.3, -0.25) is 0 Å². The SMILES string of the molecule is CCC(CCCCN)Cc1c(C(=O)O)ccc(C)c1C. The number of rotatable bonds is 8. The summed E-state index contributed by atoms with van der Waals surface area (Å²) in [6.07, 6.45) is 5.24. The molecule has 0 amide bonds. The van der Waals surface area contributed by atoms with E-state index in [4.69, 9.17) is 5.73 Å². The number of aryl methyl sites for hydroxylation is 1. The number of hydrogen-bond donors (Lipinski definition) is 2. The van der Waals surface area contributed by atoms with Crippen LogP contribution in [-0.4, -0.2) is 17.6 Å². The van der Waals surface area contributed by atoms with Gasteiger partial charge in [-0.2, -0.15) is 0 Å². The van der Waals surface area contributed by atoms with Crippen molar-refractivity contribution in [1.82, 2.24) is 0 Å². The van der Waals surface area contributed by atoms with Crippen molar-refractivity contribution in [2.24, 2.45) is 11.7 Å². The second-order valence-electron chi connectivity index (χ2n) is 5.60. The van der Waals surface area contributed by atoms with Crippen molar-refractivity contribution in [3.63, 3.8) is 0 Å². The minimum absolute atomic E-state index is 0.463. The van der Waals surface area contributed by atoms with Gasteiger partial charge in [0.2, 0.25) is 0 Å². The largest absolute Gasteiger partial charge is 0.478 e. The first kappa shape index (κ1) is 16.7. The average molecular weight is 277 g/mol. The molecule has 3 heteroatoms. The molecule has 1 atom stereocenters. The van der Waals surface area contributed by atoms with Crippen molar-refractivity contribution in [1.29, 1.82) is 0 Å². The lowest BCUT2D eigenvalue weighted by molar-refractivity contribution is 0.0695. The molecule has 0 heterocycles. The first-order valence-corrected chi connectivity index (χ1v) is 7.53. The average Bonchev–Trinajstić information content (AvgIpc) is 2.42. The van der Waals surface area contributed by atoms with Gasteiger partial charge in [0, 0.05) is 0 Å². The smallest absolute Gasteiger partial charge is 0.335 e. The molecule has 0 spiro atoms. The number of hydrogen-bond acceptors (Lipinski definition) is 2. The topological polar surface area (TPSA) is 63.3 Å². The van der Waals surface area contributed by atoms with Crippen molar-refractivity contribution in [2.75, 3.05) is 6.54 Å².